The molecule has 0 saturated heterocycles. The molecule has 1 aromatic rings. The van der Waals surface area contributed by atoms with Crippen LogP contribution in [-0.2, 0) is 0 Å². The maximum atomic E-state index is 11.6. The van der Waals surface area contributed by atoms with Gasteiger partial charge in [0, 0.05) is 0 Å². The van der Waals surface area contributed by atoms with Gasteiger partial charge in [-0.1, -0.05) is 24.6 Å². The van der Waals surface area contributed by atoms with Crippen molar-refractivity contribution in [3.05, 3.63) is 28.8 Å². The molecule has 0 aliphatic carbocycles. The molecule has 3 N–H and O–H groups in total. The molecule has 94 valence electrons. The molecular weight excluding hydrogens is 240 g/mol. The van der Waals surface area contributed by atoms with Crippen molar-refractivity contribution in [3.8, 4) is 0 Å². The molecular formula is C12H17ClN2O2. The van der Waals surface area contributed by atoms with Crippen molar-refractivity contribution < 1.29 is 9.90 Å². The zero-order chi connectivity index (χ0) is 12.8. The molecule has 5 heteroatoms. The van der Waals surface area contributed by atoms with Gasteiger partial charge in [0.2, 0.25) is 0 Å². The van der Waals surface area contributed by atoms with Crippen molar-refractivity contribution in [2.45, 2.75) is 26.3 Å². The fourth-order valence-corrected chi connectivity index (χ4v) is 1.52. The highest BCUT2D eigenvalue weighted by molar-refractivity contribution is 6.33. The first-order valence-electron chi connectivity index (χ1n) is 5.51. The highest BCUT2D eigenvalue weighted by Gasteiger charge is 2.10. The van der Waals surface area contributed by atoms with Crippen molar-refractivity contribution >= 4 is 23.3 Å². The Kier molecular flexibility index (Phi) is 5.25. The third-order valence-electron chi connectivity index (χ3n) is 2.42. The number of carbonyl (C=O) groups is 1. The van der Waals surface area contributed by atoms with Crippen molar-refractivity contribution in [3.63, 3.8) is 0 Å². The van der Waals surface area contributed by atoms with Crippen LogP contribution in [-0.4, -0.2) is 23.8 Å². The minimum absolute atomic E-state index is 0.0779. The van der Waals surface area contributed by atoms with E-state index in [1.807, 2.05) is 19.9 Å². The number of amides is 2. The molecule has 0 aromatic heterocycles. The van der Waals surface area contributed by atoms with Crippen molar-refractivity contribution in [2.24, 2.45) is 0 Å². The van der Waals surface area contributed by atoms with Crippen LogP contribution in [0.15, 0.2) is 18.2 Å². The van der Waals surface area contributed by atoms with E-state index in [2.05, 4.69) is 10.6 Å². The Morgan fingerprint density at radius 1 is 1.53 bits per heavy atom. The molecule has 0 spiro atoms. The second kappa shape index (κ2) is 6.47. The molecule has 0 fully saturated rings. The summed E-state index contributed by atoms with van der Waals surface area (Å²) in [6.45, 7) is 3.73. The van der Waals surface area contributed by atoms with E-state index in [1.165, 1.54) is 0 Å². The Morgan fingerprint density at radius 3 is 2.82 bits per heavy atom. The number of benzene rings is 1. The van der Waals surface area contributed by atoms with Gasteiger partial charge in [-0.15, -0.1) is 0 Å². The molecule has 0 bridgehead atoms. The summed E-state index contributed by atoms with van der Waals surface area (Å²) >= 11 is 5.95. The average molecular weight is 257 g/mol. The van der Waals surface area contributed by atoms with Gasteiger partial charge in [-0.25, -0.2) is 4.79 Å². The Hall–Kier alpha value is -1.26. The standard InChI is InChI=1S/C12H17ClN2O2/c1-3-9(7-16)14-12(17)15-11-6-8(2)4-5-10(11)13/h4-6,9,16H,3,7H2,1-2H3,(H2,14,15,17). The summed E-state index contributed by atoms with van der Waals surface area (Å²) in [6, 6.07) is 4.79. The first kappa shape index (κ1) is 13.8. The van der Waals surface area contributed by atoms with Crippen LogP contribution < -0.4 is 10.6 Å². The van der Waals surface area contributed by atoms with E-state index < -0.39 is 0 Å². The second-order valence-electron chi connectivity index (χ2n) is 3.87. The number of aliphatic hydroxyl groups is 1. The quantitative estimate of drug-likeness (QED) is 0.775. The van der Waals surface area contributed by atoms with Crippen LogP contribution in [0.1, 0.15) is 18.9 Å². The predicted octanol–water partition coefficient (Wildman–Crippen LogP) is 2.54. The molecule has 17 heavy (non-hydrogen) atoms. The van der Waals surface area contributed by atoms with Crippen LogP contribution >= 0.6 is 11.6 Å². The molecule has 0 aliphatic rings. The Morgan fingerprint density at radius 2 is 2.24 bits per heavy atom. The fourth-order valence-electron chi connectivity index (χ4n) is 1.36. The number of halogens is 1. The monoisotopic (exact) mass is 256 g/mol. The Labute approximate surface area is 106 Å². The molecule has 4 nitrogen and oxygen atoms in total. The van der Waals surface area contributed by atoms with E-state index in [0.717, 1.165) is 5.56 Å². The van der Waals surface area contributed by atoms with E-state index >= 15 is 0 Å². The lowest BCUT2D eigenvalue weighted by Gasteiger charge is -2.15. The maximum Gasteiger partial charge on any atom is 0.319 e. The molecule has 2 amide bonds. The van der Waals surface area contributed by atoms with E-state index in [1.54, 1.807) is 12.1 Å². The SMILES string of the molecule is CCC(CO)NC(=O)Nc1cc(C)ccc1Cl. The zero-order valence-electron chi connectivity index (χ0n) is 9.96. The number of hydrogen-bond acceptors (Lipinski definition) is 2. The van der Waals surface area contributed by atoms with Crippen molar-refractivity contribution in [2.75, 3.05) is 11.9 Å². The molecule has 0 saturated carbocycles. The highest BCUT2D eigenvalue weighted by Crippen LogP contribution is 2.22. The van der Waals surface area contributed by atoms with Gasteiger partial charge < -0.3 is 15.7 Å². The third kappa shape index (κ3) is 4.24. The van der Waals surface area contributed by atoms with Crippen LogP contribution in [0.3, 0.4) is 0 Å². The zero-order valence-corrected chi connectivity index (χ0v) is 10.7. The van der Waals surface area contributed by atoms with Crippen LogP contribution in [0.5, 0.6) is 0 Å². The van der Waals surface area contributed by atoms with E-state index in [0.29, 0.717) is 17.1 Å². The summed E-state index contributed by atoms with van der Waals surface area (Å²) in [7, 11) is 0. The van der Waals surface area contributed by atoms with Crippen molar-refractivity contribution in [1.29, 1.82) is 0 Å². The van der Waals surface area contributed by atoms with Gasteiger partial charge in [-0.2, -0.15) is 0 Å². The summed E-state index contributed by atoms with van der Waals surface area (Å²) in [5.74, 6) is 0. The molecule has 0 heterocycles. The molecule has 1 aromatic carbocycles. The molecule has 0 aliphatic heterocycles. The molecule has 0 radical (unpaired) electrons. The number of aliphatic hydroxyl groups excluding tert-OH is 1. The number of carbonyl (C=O) groups excluding carboxylic acids is 1. The van der Waals surface area contributed by atoms with Gasteiger partial charge in [0.1, 0.15) is 0 Å². The Bertz CT molecular complexity index is 392. The lowest BCUT2D eigenvalue weighted by molar-refractivity contribution is 0.222. The number of anilines is 1. The predicted molar refractivity (Wildman–Crippen MR) is 69.5 cm³/mol. The normalized spacial score (nSPS) is 12.0. The number of nitrogens with one attached hydrogen (secondary N) is 2. The summed E-state index contributed by atoms with van der Waals surface area (Å²) < 4.78 is 0. The highest BCUT2D eigenvalue weighted by atomic mass is 35.5. The molecule has 1 rings (SSSR count). The van der Waals surface area contributed by atoms with Crippen molar-refractivity contribution in [1.82, 2.24) is 5.32 Å². The summed E-state index contributed by atoms with van der Waals surface area (Å²) in [4.78, 5) is 11.6. The lowest BCUT2D eigenvalue weighted by Crippen LogP contribution is -2.39. The van der Waals surface area contributed by atoms with E-state index in [4.69, 9.17) is 16.7 Å². The number of rotatable bonds is 4. The minimum atomic E-state index is -0.363. The summed E-state index contributed by atoms with van der Waals surface area (Å²) in [5.41, 5.74) is 1.58. The second-order valence-corrected chi connectivity index (χ2v) is 4.28. The largest absolute Gasteiger partial charge is 0.394 e. The van der Waals surface area contributed by atoms with Gasteiger partial charge in [0.05, 0.1) is 23.4 Å². The maximum absolute atomic E-state index is 11.6. The van der Waals surface area contributed by atoms with Crippen LogP contribution in [0.25, 0.3) is 0 Å². The van der Waals surface area contributed by atoms with E-state index in [9.17, 15) is 4.79 Å². The van der Waals surface area contributed by atoms with Gasteiger partial charge in [-0.05, 0) is 31.0 Å². The van der Waals surface area contributed by atoms with Crippen LogP contribution in [0.2, 0.25) is 5.02 Å². The third-order valence-corrected chi connectivity index (χ3v) is 2.75. The molecule has 1 atom stereocenters. The topological polar surface area (TPSA) is 61.4 Å². The van der Waals surface area contributed by atoms with Gasteiger partial charge in [0.15, 0.2) is 0 Å². The first-order chi connectivity index (χ1) is 8.06. The Balaban J connectivity index is 2.64. The van der Waals surface area contributed by atoms with Gasteiger partial charge in [-0.3, -0.25) is 0 Å². The minimum Gasteiger partial charge on any atom is -0.394 e. The fraction of sp³-hybridized carbons (Fsp3) is 0.417. The van der Waals surface area contributed by atoms with Crippen LogP contribution in [0.4, 0.5) is 10.5 Å². The summed E-state index contributed by atoms with van der Waals surface area (Å²) in [5, 5.41) is 14.8. The lowest BCUT2D eigenvalue weighted by atomic mass is 10.2. The van der Waals surface area contributed by atoms with Gasteiger partial charge >= 0.3 is 6.03 Å². The smallest absolute Gasteiger partial charge is 0.319 e. The number of aryl methyl sites for hydroxylation is 1. The number of hydrogen-bond donors (Lipinski definition) is 3. The van der Waals surface area contributed by atoms with Crippen LogP contribution in [0, 0.1) is 6.92 Å². The molecule has 1 unspecified atom stereocenters. The average Bonchev–Trinajstić information content (AvgIpc) is 2.31. The van der Waals surface area contributed by atoms with Gasteiger partial charge in [0.25, 0.3) is 0 Å². The van der Waals surface area contributed by atoms with E-state index in [-0.39, 0.29) is 18.7 Å². The first-order valence-corrected chi connectivity index (χ1v) is 5.89. The summed E-state index contributed by atoms with van der Waals surface area (Å²) in [6.07, 6.45) is 0.672. The number of urea groups is 1.